The number of aromatic nitrogens is 1. The molecule has 2 aromatic rings. The molecular weight excluding hydrogens is 336 g/mol. The molecule has 3 heterocycles. The maximum absolute atomic E-state index is 5.27. The second-order valence-corrected chi connectivity index (χ2v) is 7.57. The standard InChI is InChI=1S/C22H30N4O/c1-27-22-9-7-20(8-10-22)25-13-15-26(16-14-25)21-6-4-12-24(18-21)17-19-5-2-3-11-23-19/h2-3,5,7-11,21H,4,6,12-18H2,1H3/t21-/m1/s1. The van der Waals surface area contributed by atoms with Gasteiger partial charge in [-0.25, -0.2) is 0 Å². The van der Waals surface area contributed by atoms with E-state index in [9.17, 15) is 0 Å². The molecule has 1 atom stereocenters. The first-order valence-electron chi connectivity index (χ1n) is 10.1. The van der Waals surface area contributed by atoms with Crippen molar-refractivity contribution in [3.8, 4) is 5.75 Å². The molecule has 1 aromatic heterocycles. The van der Waals surface area contributed by atoms with Crippen LogP contribution in [0.5, 0.6) is 5.75 Å². The Morgan fingerprint density at radius 3 is 2.52 bits per heavy atom. The molecule has 4 rings (SSSR count). The van der Waals surface area contributed by atoms with E-state index in [0.717, 1.165) is 38.5 Å². The quantitative estimate of drug-likeness (QED) is 0.812. The lowest BCUT2D eigenvalue weighted by Crippen LogP contribution is -2.55. The maximum atomic E-state index is 5.27. The summed E-state index contributed by atoms with van der Waals surface area (Å²) in [6.45, 7) is 7.83. The Morgan fingerprint density at radius 2 is 1.81 bits per heavy atom. The van der Waals surface area contributed by atoms with Crippen molar-refractivity contribution >= 4 is 5.69 Å². The molecule has 0 unspecified atom stereocenters. The first-order valence-corrected chi connectivity index (χ1v) is 10.1. The van der Waals surface area contributed by atoms with Crippen LogP contribution >= 0.6 is 0 Å². The molecule has 0 bridgehead atoms. The minimum atomic E-state index is 0.681. The van der Waals surface area contributed by atoms with Crippen LogP contribution in [0.15, 0.2) is 48.7 Å². The second-order valence-electron chi connectivity index (χ2n) is 7.57. The Labute approximate surface area is 162 Å². The van der Waals surface area contributed by atoms with E-state index in [1.807, 2.05) is 12.3 Å². The largest absolute Gasteiger partial charge is 0.497 e. The van der Waals surface area contributed by atoms with E-state index in [1.165, 1.54) is 37.3 Å². The molecule has 144 valence electrons. The average molecular weight is 367 g/mol. The van der Waals surface area contributed by atoms with Crippen LogP contribution in [0.2, 0.25) is 0 Å². The summed E-state index contributed by atoms with van der Waals surface area (Å²) in [5, 5.41) is 0. The summed E-state index contributed by atoms with van der Waals surface area (Å²) in [4.78, 5) is 12.3. The fraction of sp³-hybridized carbons (Fsp3) is 0.500. The van der Waals surface area contributed by atoms with Gasteiger partial charge < -0.3 is 9.64 Å². The number of piperazine rings is 1. The highest BCUT2D eigenvalue weighted by Gasteiger charge is 2.28. The van der Waals surface area contributed by atoms with Crippen molar-refractivity contribution < 1.29 is 4.74 Å². The van der Waals surface area contributed by atoms with Crippen LogP contribution < -0.4 is 9.64 Å². The fourth-order valence-corrected chi connectivity index (χ4v) is 4.33. The number of hydrogen-bond donors (Lipinski definition) is 0. The lowest BCUT2D eigenvalue weighted by Gasteiger charge is -2.44. The molecule has 5 heteroatoms. The van der Waals surface area contributed by atoms with E-state index in [1.54, 1.807) is 7.11 Å². The number of anilines is 1. The Morgan fingerprint density at radius 1 is 1.00 bits per heavy atom. The molecule has 27 heavy (non-hydrogen) atoms. The van der Waals surface area contributed by atoms with Crippen molar-refractivity contribution in [1.82, 2.24) is 14.8 Å². The summed E-state index contributed by atoms with van der Waals surface area (Å²) < 4.78 is 5.27. The van der Waals surface area contributed by atoms with Gasteiger partial charge in [0, 0.05) is 57.2 Å². The van der Waals surface area contributed by atoms with Gasteiger partial charge in [0.15, 0.2) is 0 Å². The zero-order valence-electron chi connectivity index (χ0n) is 16.3. The Kier molecular flexibility index (Phi) is 5.90. The minimum absolute atomic E-state index is 0.681. The maximum Gasteiger partial charge on any atom is 0.119 e. The monoisotopic (exact) mass is 366 g/mol. The highest BCUT2D eigenvalue weighted by atomic mass is 16.5. The van der Waals surface area contributed by atoms with Crippen molar-refractivity contribution in [3.63, 3.8) is 0 Å². The summed E-state index contributed by atoms with van der Waals surface area (Å²) >= 11 is 0. The molecule has 0 saturated carbocycles. The number of hydrogen-bond acceptors (Lipinski definition) is 5. The minimum Gasteiger partial charge on any atom is -0.497 e. The van der Waals surface area contributed by atoms with Crippen LogP contribution in [-0.2, 0) is 6.54 Å². The van der Waals surface area contributed by atoms with E-state index in [2.05, 4.69) is 56.1 Å². The highest BCUT2D eigenvalue weighted by molar-refractivity contribution is 5.49. The molecule has 2 saturated heterocycles. The molecule has 1 aromatic carbocycles. The van der Waals surface area contributed by atoms with Gasteiger partial charge in [-0.15, -0.1) is 0 Å². The molecule has 0 amide bonds. The second kappa shape index (κ2) is 8.72. The zero-order valence-corrected chi connectivity index (χ0v) is 16.3. The predicted octanol–water partition coefficient (Wildman–Crippen LogP) is 2.88. The van der Waals surface area contributed by atoms with Crippen molar-refractivity contribution in [3.05, 3.63) is 54.4 Å². The van der Waals surface area contributed by atoms with Gasteiger partial charge in [-0.2, -0.15) is 0 Å². The normalized spacial score (nSPS) is 22.0. The fourth-order valence-electron chi connectivity index (χ4n) is 4.33. The third-order valence-electron chi connectivity index (χ3n) is 5.86. The van der Waals surface area contributed by atoms with E-state index in [0.29, 0.717) is 6.04 Å². The van der Waals surface area contributed by atoms with Crippen LogP contribution in [0.1, 0.15) is 18.5 Å². The van der Waals surface area contributed by atoms with E-state index in [-0.39, 0.29) is 0 Å². The summed E-state index contributed by atoms with van der Waals surface area (Å²) in [6.07, 6.45) is 4.51. The number of benzene rings is 1. The van der Waals surface area contributed by atoms with Crippen LogP contribution in [0, 0.1) is 0 Å². The van der Waals surface area contributed by atoms with E-state index < -0.39 is 0 Å². The Bertz CT molecular complexity index is 698. The number of ether oxygens (including phenoxy) is 1. The molecule has 0 spiro atoms. The van der Waals surface area contributed by atoms with Gasteiger partial charge in [-0.3, -0.25) is 14.8 Å². The van der Waals surface area contributed by atoms with Crippen LogP contribution in [0.25, 0.3) is 0 Å². The van der Waals surface area contributed by atoms with E-state index in [4.69, 9.17) is 4.74 Å². The average Bonchev–Trinajstić information content (AvgIpc) is 2.75. The van der Waals surface area contributed by atoms with Gasteiger partial charge in [-0.1, -0.05) is 6.07 Å². The van der Waals surface area contributed by atoms with Crippen molar-refractivity contribution in [2.45, 2.75) is 25.4 Å². The van der Waals surface area contributed by atoms with E-state index >= 15 is 0 Å². The van der Waals surface area contributed by atoms with Gasteiger partial charge in [0.05, 0.1) is 12.8 Å². The third kappa shape index (κ3) is 4.60. The third-order valence-corrected chi connectivity index (χ3v) is 5.86. The zero-order chi connectivity index (χ0) is 18.5. The van der Waals surface area contributed by atoms with Gasteiger partial charge in [0.1, 0.15) is 5.75 Å². The summed E-state index contributed by atoms with van der Waals surface area (Å²) in [7, 11) is 1.72. The van der Waals surface area contributed by atoms with Crippen molar-refractivity contribution in [2.24, 2.45) is 0 Å². The highest BCUT2D eigenvalue weighted by Crippen LogP contribution is 2.23. The van der Waals surface area contributed by atoms with Crippen molar-refractivity contribution in [2.75, 3.05) is 51.3 Å². The first kappa shape index (κ1) is 18.3. The predicted molar refractivity (Wildman–Crippen MR) is 109 cm³/mol. The smallest absolute Gasteiger partial charge is 0.119 e. The SMILES string of the molecule is COc1ccc(N2CCN([C@@H]3CCCN(Cc4ccccn4)C3)CC2)cc1. The summed E-state index contributed by atoms with van der Waals surface area (Å²) in [6, 6.07) is 15.3. The summed E-state index contributed by atoms with van der Waals surface area (Å²) in [5.74, 6) is 0.924. The van der Waals surface area contributed by atoms with Crippen molar-refractivity contribution in [1.29, 1.82) is 0 Å². The molecule has 2 aliphatic rings. The number of nitrogens with zero attached hydrogens (tertiary/aromatic N) is 4. The number of rotatable bonds is 5. The van der Waals surface area contributed by atoms with Crippen LogP contribution in [0.3, 0.4) is 0 Å². The lowest BCUT2D eigenvalue weighted by molar-refractivity contribution is 0.0881. The molecule has 0 aliphatic carbocycles. The van der Waals surface area contributed by atoms with Gasteiger partial charge >= 0.3 is 0 Å². The van der Waals surface area contributed by atoms with Gasteiger partial charge in [0.2, 0.25) is 0 Å². The number of methoxy groups -OCH3 is 1. The number of likely N-dealkylation sites (tertiary alicyclic amines) is 1. The number of pyridine rings is 1. The molecule has 5 nitrogen and oxygen atoms in total. The molecule has 0 radical (unpaired) electrons. The summed E-state index contributed by atoms with van der Waals surface area (Å²) in [5.41, 5.74) is 2.48. The van der Waals surface area contributed by atoms with Crippen LogP contribution in [-0.4, -0.2) is 67.2 Å². The molecule has 2 fully saturated rings. The topological polar surface area (TPSA) is 31.8 Å². The Balaban J connectivity index is 1.29. The first-order chi connectivity index (χ1) is 13.3. The van der Waals surface area contributed by atoms with Gasteiger partial charge in [0.25, 0.3) is 0 Å². The lowest BCUT2D eigenvalue weighted by atomic mass is 10.0. The molecular formula is C22H30N4O. The van der Waals surface area contributed by atoms with Crippen LogP contribution in [0.4, 0.5) is 5.69 Å². The molecule has 2 aliphatic heterocycles. The Hall–Kier alpha value is -2.11. The van der Waals surface area contributed by atoms with Gasteiger partial charge in [-0.05, 0) is 55.8 Å². The number of piperidine rings is 1. The molecule has 0 N–H and O–H groups in total.